The molecule has 1 saturated heterocycles. The van der Waals surface area contributed by atoms with E-state index in [2.05, 4.69) is 22.8 Å². The minimum Gasteiger partial charge on any atom is -0.497 e. The van der Waals surface area contributed by atoms with Crippen molar-refractivity contribution in [2.75, 3.05) is 20.3 Å². The lowest BCUT2D eigenvalue weighted by Gasteiger charge is -2.46. The number of carbonyl (C=O) groups is 1. The Labute approximate surface area is 196 Å². The number of nitrogens with zero attached hydrogens (tertiary/aromatic N) is 1. The van der Waals surface area contributed by atoms with Crippen molar-refractivity contribution < 1.29 is 14.3 Å². The summed E-state index contributed by atoms with van der Waals surface area (Å²) in [7, 11) is 1.64. The zero-order valence-corrected chi connectivity index (χ0v) is 20.0. The van der Waals surface area contributed by atoms with Gasteiger partial charge < -0.3 is 14.4 Å². The van der Waals surface area contributed by atoms with E-state index in [0.717, 1.165) is 18.7 Å². The Bertz CT molecular complexity index is 829. The van der Waals surface area contributed by atoms with Crippen molar-refractivity contribution in [2.24, 2.45) is 5.41 Å². The number of hydrogen-bond acceptors (Lipinski definition) is 5. The number of thiophene rings is 1. The van der Waals surface area contributed by atoms with E-state index in [4.69, 9.17) is 9.47 Å². The summed E-state index contributed by atoms with van der Waals surface area (Å²) in [4.78, 5) is 16.6. The van der Waals surface area contributed by atoms with E-state index in [1.54, 1.807) is 18.4 Å². The maximum Gasteiger partial charge on any atom is 0.262 e. The van der Waals surface area contributed by atoms with Crippen molar-refractivity contribution in [2.45, 2.75) is 70.5 Å². The molecule has 2 heterocycles. The molecule has 1 aliphatic carbocycles. The molecule has 1 aromatic carbocycles. The highest BCUT2D eigenvalue weighted by Gasteiger charge is 2.39. The van der Waals surface area contributed by atoms with Gasteiger partial charge in [0.05, 0.1) is 19.8 Å². The highest BCUT2D eigenvalue weighted by molar-refractivity contribution is 7.09. The predicted octanol–water partition coefficient (Wildman–Crippen LogP) is 5.60. The van der Waals surface area contributed by atoms with Crippen molar-refractivity contribution >= 4 is 17.2 Å². The van der Waals surface area contributed by atoms with Crippen molar-refractivity contribution in [3.05, 3.63) is 46.7 Å². The number of amides is 1. The largest absolute Gasteiger partial charge is 0.497 e. The Balaban J connectivity index is 1.45. The lowest BCUT2D eigenvalue weighted by Crippen LogP contribution is -2.55. The molecule has 2 fully saturated rings. The molecule has 1 atom stereocenters. The maximum absolute atomic E-state index is 13.4. The van der Waals surface area contributed by atoms with Gasteiger partial charge in [-0.25, -0.2) is 0 Å². The number of hydrogen-bond donors (Lipinski definition) is 1. The minimum atomic E-state index is 0.0367. The van der Waals surface area contributed by atoms with Crippen LogP contribution in [0.25, 0.3) is 0 Å². The molecule has 1 amide bonds. The van der Waals surface area contributed by atoms with Gasteiger partial charge in [0, 0.05) is 4.88 Å². The van der Waals surface area contributed by atoms with Crippen molar-refractivity contribution in [3.8, 4) is 11.5 Å². The van der Waals surface area contributed by atoms with Crippen molar-refractivity contribution in [1.29, 1.82) is 0 Å². The van der Waals surface area contributed by atoms with Gasteiger partial charge in [-0.15, -0.1) is 11.3 Å². The molecule has 0 bridgehead atoms. The molecule has 4 rings (SSSR count). The van der Waals surface area contributed by atoms with Gasteiger partial charge in [0.2, 0.25) is 0 Å². The summed E-state index contributed by atoms with van der Waals surface area (Å²) in [5.41, 5.74) is 0.376. The first kappa shape index (κ1) is 23.1. The molecule has 6 heteroatoms. The van der Waals surface area contributed by atoms with Crippen molar-refractivity contribution in [3.63, 3.8) is 0 Å². The van der Waals surface area contributed by atoms with Crippen molar-refractivity contribution in [1.82, 2.24) is 10.2 Å². The average molecular weight is 457 g/mol. The topological polar surface area (TPSA) is 50.8 Å². The average Bonchev–Trinajstić information content (AvgIpc) is 3.32. The molecule has 2 aliphatic rings. The van der Waals surface area contributed by atoms with E-state index in [1.165, 1.54) is 56.2 Å². The molecule has 1 aromatic heterocycles. The summed E-state index contributed by atoms with van der Waals surface area (Å²) < 4.78 is 11.1. The summed E-state index contributed by atoms with van der Waals surface area (Å²) in [5.74, 6) is 1.50. The number of ether oxygens (including phenoxy) is 2. The van der Waals surface area contributed by atoms with Crippen LogP contribution in [0.15, 0.2) is 41.8 Å². The fourth-order valence-corrected chi connectivity index (χ4v) is 5.96. The van der Waals surface area contributed by atoms with Gasteiger partial charge in [-0.1, -0.05) is 38.2 Å². The normalized spacial score (nSPS) is 20.8. The molecule has 1 saturated carbocycles. The summed E-state index contributed by atoms with van der Waals surface area (Å²) >= 11 is 1.71. The number of methoxy groups -OCH3 is 1. The Morgan fingerprint density at radius 1 is 1.06 bits per heavy atom. The minimum absolute atomic E-state index is 0.0367. The molecule has 1 spiro atoms. The Hall–Kier alpha value is -2.05. The second-order valence-corrected chi connectivity index (χ2v) is 10.3. The first-order chi connectivity index (χ1) is 15.7. The summed E-state index contributed by atoms with van der Waals surface area (Å²) in [6.45, 7) is 1.66. The monoisotopic (exact) mass is 456 g/mol. The van der Waals surface area contributed by atoms with E-state index in [1.807, 2.05) is 29.2 Å². The highest BCUT2D eigenvalue weighted by atomic mass is 32.1. The first-order valence-corrected chi connectivity index (χ1v) is 12.9. The van der Waals surface area contributed by atoms with Gasteiger partial charge in [0.1, 0.15) is 11.5 Å². The fourth-order valence-electron chi connectivity index (χ4n) is 5.26. The highest BCUT2D eigenvalue weighted by Crippen LogP contribution is 2.43. The van der Waals surface area contributed by atoms with Crippen LogP contribution in [0, 0.1) is 5.41 Å². The molecule has 32 heavy (non-hydrogen) atoms. The SMILES string of the molecule is COc1ccc(OCC(=O)N(Cc2cccs2)C2CC3(CCCCCCC3)CCN2)cc1. The fraction of sp³-hybridized carbons (Fsp3) is 0.577. The summed E-state index contributed by atoms with van der Waals surface area (Å²) in [5, 5.41) is 5.75. The van der Waals surface area contributed by atoms with Crippen LogP contribution in [-0.4, -0.2) is 37.2 Å². The molecule has 174 valence electrons. The van der Waals surface area contributed by atoms with Crippen LogP contribution >= 0.6 is 11.3 Å². The van der Waals surface area contributed by atoms with Gasteiger partial charge in [-0.05, 0) is 73.4 Å². The van der Waals surface area contributed by atoms with Crippen LogP contribution in [0.1, 0.15) is 62.7 Å². The number of carbonyl (C=O) groups excluding carboxylic acids is 1. The van der Waals surface area contributed by atoms with Gasteiger partial charge in [0.15, 0.2) is 6.61 Å². The number of rotatable bonds is 7. The Morgan fingerprint density at radius 3 is 2.47 bits per heavy atom. The van der Waals surface area contributed by atoms with E-state index in [9.17, 15) is 4.79 Å². The van der Waals surface area contributed by atoms with Gasteiger partial charge in [0.25, 0.3) is 5.91 Å². The van der Waals surface area contributed by atoms with Crippen LogP contribution in [0.4, 0.5) is 0 Å². The molecular formula is C26H36N2O3S. The van der Waals surface area contributed by atoms with E-state index in [-0.39, 0.29) is 18.7 Å². The molecule has 1 N–H and O–H groups in total. The van der Waals surface area contributed by atoms with Gasteiger partial charge in [-0.2, -0.15) is 0 Å². The second-order valence-electron chi connectivity index (χ2n) is 9.26. The van der Waals surface area contributed by atoms with Crippen LogP contribution in [0.3, 0.4) is 0 Å². The van der Waals surface area contributed by atoms with E-state index in [0.29, 0.717) is 17.7 Å². The first-order valence-electron chi connectivity index (χ1n) is 12.0. The van der Waals surface area contributed by atoms with Crippen LogP contribution in [-0.2, 0) is 11.3 Å². The smallest absolute Gasteiger partial charge is 0.262 e. The standard InChI is InChI=1S/C26H36N2O3S/c1-30-21-9-11-22(12-10-21)31-20-25(29)28(19-23-8-7-17-32-23)24-18-26(15-16-27-24)13-5-3-2-4-6-14-26/h7-12,17,24,27H,2-6,13-16,18-20H2,1H3. The van der Waals surface area contributed by atoms with Gasteiger partial charge in [-0.3, -0.25) is 10.1 Å². The van der Waals surface area contributed by atoms with Crippen LogP contribution < -0.4 is 14.8 Å². The maximum atomic E-state index is 13.4. The molecule has 2 aromatic rings. The Kier molecular flexibility index (Phi) is 8.09. The molecule has 5 nitrogen and oxygen atoms in total. The predicted molar refractivity (Wildman–Crippen MR) is 129 cm³/mol. The molecular weight excluding hydrogens is 420 g/mol. The van der Waals surface area contributed by atoms with E-state index < -0.39 is 0 Å². The lowest BCUT2D eigenvalue weighted by atomic mass is 9.69. The molecule has 0 radical (unpaired) electrons. The zero-order valence-electron chi connectivity index (χ0n) is 19.2. The Morgan fingerprint density at radius 2 is 1.78 bits per heavy atom. The van der Waals surface area contributed by atoms with Crippen LogP contribution in [0.2, 0.25) is 0 Å². The second kappa shape index (κ2) is 11.2. The van der Waals surface area contributed by atoms with Gasteiger partial charge >= 0.3 is 0 Å². The quantitative estimate of drug-likeness (QED) is 0.589. The van der Waals surface area contributed by atoms with E-state index >= 15 is 0 Å². The summed E-state index contributed by atoms with van der Waals surface area (Å²) in [6.07, 6.45) is 11.7. The lowest BCUT2D eigenvalue weighted by molar-refractivity contribution is -0.139. The molecule has 1 aliphatic heterocycles. The third-order valence-corrected chi connectivity index (χ3v) is 7.96. The summed E-state index contributed by atoms with van der Waals surface area (Å²) in [6, 6.07) is 11.6. The number of nitrogens with one attached hydrogen (secondary N) is 1. The van der Waals surface area contributed by atoms with Crippen LogP contribution in [0.5, 0.6) is 11.5 Å². The number of benzene rings is 1. The number of piperidine rings is 1. The zero-order chi connectivity index (χ0) is 22.2. The molecule has 1 unspecified atom stereocenters. The third-order valence-electron chi connectivity index (χ3n) is 7.10. The third kappa shape index (κ3) is 6.04.